The molecule has 7 heteroatoms. The second kappa shape index (κ2) is 12.3. The van der Waals surface area contributed by atoms with E-state index in [9.17, 15) is 10.1 Å². The van der Waals surface area contributed by atoms with Crippen LogP contribution in [-0.2, 0) is 11.2 Å². The minimum absolute atomic E-state index is 0.0500. The van der Waals surface area contributed by atoms with Crippen LogP contribution in [-0.4, -0.2) is 19.1 Å². The van der Waals surface area contributed by atoms with Crippen molar-refractivity contribution in [2.45, 2.75) is 20.3 Å². The van der Waals surface area contributed by atoms with Gasteiger partial charge in [0.25, 0.3) is 5.91 Å². The van der Waals surface area contributed by atoms with Crippen LogP contribution in [0.2, 0.25) is 5.02 Å². The standard InChI is InChI=1S/C27H24BrClN2O3/c1-3-33-22-11-9-21(10-12-22)31-27(32)20(17-30)13-18-14-25(29)23(26(15-18)34-4-2)16-19-7-5-6-8-24(19)28/h5-15H,3-4,16H2,1-2H3,(H,31,32)/b20-13+. The van der Waals surface area contributed by atoms with Gasteiger partial charge >= 0.3 is 0 Å². The van der Waals surface area contributed by atoms with E-state index in [2.05, 4.69) is 21.2 Å². The van der Waals surface area contributed by atoms with Gasteiger partial charge in [0.2, 0.25) is 0 Å². The molecular weight excluding hydrogens is 516 g/mol. The lowest BCUT2D eigenvalue weighted by Gasteiger charge is -2.14. The van der Waals surface area contributed by atoms with Crippen molar-refractivity contribution < 1.29 is 14.3 Å². The van der Waals surface area contributed by atoms with Gasteiger partial charge < -0.3 is 14.8 Å². The Labute approximate surface area is 213 Å². The molecule has 0 aliphatic rings. The molecule has 1 N–H and O–H groups in total. The molecule has 0 radical (unpaired) electrons. The van der Waals surface area contributed by atoms with Crippen LogP contribution < -0.4 is 14.8 Å². The van der Waals surface area contributed by atoms with Crippen LogP contribution in [0.5, 0.6) is 11.5 Å². The highest BCUT2D eigenvalue weighted by molar-refractivity contribution is 9.10. The first-order valence-electron chi connectivity index (χ1n) is 10.8. The predicted octanol–water partition coefficient (Wildman–Crippen LogP) is 7.04. The number of rotatable bonds is 9. The summed E-state index contributed by atoms with van der Waals surface area (Å²) in [6.45, 7) is 4.80. The molecule has 3 aromatic carbocycles. The largest absolute Gasteiger partial charge is 0.494 e. The molecule has 1 amide bonds. The summed E-state index contributed by atoms with van der Waals surface area (Å²) in [5.74, 6) is 0.802. The Morgan fingerprint density at radius 1 is 1.09 bits per heavy atom. The Morgan fingerprint density at radius 3 is 2.44 bits per heavy atom. The van der Waals surface area contributed by atoms with Gasteiger partial charge in [-0.2, -0.15) is 5.26 Å². The second-order valence-electron chi connectivity index (χ2n) is 7.26. The molecule has 0 heterocycles. The first-order valence-corrected chi connectivity index (χ1v) is 12.0. The van der Waals surface area contributed by atoms with Crippen LogP contribution in [0.3, 0.4) is 0 Å². The topological polar surface area (TPSA) is 71.3 Å². The van der Waals surface area contributed by atoms with Gasteiger partial charge in [-0.25, -0.2) is 0 Å². The van der Waals surface area contributed by atoms with Crippen molar-refractivity contribution >= 4 is 45.2 Å². The van der Waals surface area contributed by atoms with Crippen molar-refractivity contribution in [1.82, 2.24) is 0 Å². The molecule has 0 aliphatic heterocycles. The first-order chi connectivity index (χ1) is 16.4. The summed E-state index contributed by atoms with van der Waals surface area (Å²) < 4.78 is 12.2. The van der Waals surface area contributed by atoms with Gasteiger partial charge in [-0.15, -0.1) is 0 Å². The molecule has 34 heavy (non-hydrogen) atoms. The lowest BCUT2D eigenvalue weighted by Crippen LogP contribution is -2.13. The monoisotopic (exact) mass is 538 g/mol. The number of nitrogens with one attached hydrogen (secondary N) is 1. The third-order valence-electron chi connectivity index (χ3n) is 4.90. The number of nitrogens with zero attached hydrogens (tertiary/aromatic N) is 1. The van der Waals surface area contributed by atoms with Crippen molar-refractivity contribution in [3.05, 3.63) is 92.4 Å². The summed E-state index contributed by atoms with van der Waals surface area (Å²) >= 11 is 10.2. The highest BCUT2D eigenvalue weighted by atomic mass is 79.9. The fourth-order valence-corrected chi connectivity index (χ4v) is 4.03. The Bertz CT molecular complexity index is 1230. The minimum Gasteiger partial charge on any atom is -0.494 e. The smallest absolute Gasteiger partial charge is 0.266 e. The van der Waals surface area contributed by atoms with Crippen molar-refractivity contribution in [2.75, 3.05) is 18.5 Å². The maximum absolute atomic E-state index is 12.7. The molecular formula is C27H24BrClN2O3. The van der Waals surface area contributed by atoms with Crippen LogP contribution in [0.25, 0.3) is 6.08 Å². The zero-order valence-corrected chi connectivity index (χ0v) is 21.2. The average molecular weight is 540 g/mol. The van der Waals surface area contributed by atoms with Crippen LogP contribution >= 0.6 is 27.5 Å². The number of anilines is 1. The van der Waals surface area contributed by atoms with E-state index in [0.29, 0.717) is 47.4 Å². The lowest BCUT2D eigenvalue weighted by molar-refractivity contribution is -0.112. The normalized spacial score (nSPS) is 11.0. The second-order valence-corrected chi connectivity index (χ2v) is 8.52. The van der Waals surface area contributed by atoms with Gasteiger partial charge in [0, 0.05) is 27.2 Å². The van der Waals surface area contributed by atoms with E-state index >= 15 is 0 Å². The van der Waals surface area contributed by atoms with Gasteiger partial charge in [-0.05, 0) is 73.5 Å². The molecule has 0 fully saturated rings. The fraction of sp³-hybridized carbons (Fsp3) is 0.185. The maximum Gasteiger partial charge on any atom is 0.266 e. The predicted molar refractivity (Wildman–Crippen MR) is 139 cm³/mol. The Hall–Kier alpha value is -3.27. The molecule has 0 aliphatic carbocycles. The number of benzene rings is 3. The molecule has 0 atom stereocenters. The number of amides is 1. The Kier molecular flexibility index (Phi) is 9.15. The molecule has 3 rings (SSSR count). The number of hydrogen-bond donors (Lipinski definition) is 1. The highest BCUT2D eigenvalue weighted by Gasteiger charge is 2.15. The molecule has 0 spiro atoms. The van der Waals surface area contributed by atoms with Crippen molar-refractivity contribution in [1.29, 1.82) is 5.26 Å². The third kappa shape index (κ3) is 6.63. The molecule has 0 saturated heterocycles. The van der Waals surface area contributed by atoms with Crippen LogP contribution in [0, 0.1) is 11.3 Å². The van der Waals surface area contributed by atoms with Crippen LogP contribution in [0.1, 0.15) is 30.5 Å². The van der Waals surface area contributed by atoms with Crippen LogP contribution in [0.4, 0.5) is 5.69 Å². The highest BCUT2D eigenvalue weighted by Crippen LogP contribution is 2.33. The number of carbonyl (C=O) groups excluding carboxylic acids is 1. The molecule has 0 bridgehead atoms. The van der Waals surface area contributed by atoms with E-state index in [1.165, 1.54) is 6.08 Å². The van der Waals surface area contributed by atoms with Gasteiger partial charge in [0.15, 0.2) is 0 Å². The molecule has 0 aromatic heterocycles. The molecule has 0 unspecified atom stereocenters. The Morgan fingerprint density at radius 2 is 1.79 bits per heavy atom. The number of carbonyl (C=O) groups is 1. The molecule has 174 valence electrons. The lowest BCUT2D eigenvalue weighted by atomic mass is 10.0. The minimum atomic E-state index is -0.516. The summed E-state index contributed by atoms with van der Waals surface area (Å²) in [5, 5.41) is 12.8. The third-order valence-corrected chi connectivity index (χ3v) is 6.01. The molecule has 5 nitrogen and oxygen atoms in total. The van der Waals surface area contributed by atoms with Crippen molar-refractivity contribution in [3.8, 4) is 17.6 Å². The summed E-state index contributed by atoms with van der Waals surface area (Å²) in [7, 11) is 0. The van der Waals surface area contributed by atoms with Crippen LogP contribution in [0.15, 0.2) is 70.7 Å². The number of ether oxygens (including phenoxy) is 2. The van der Waals surface area contributed by atoms with E-state index in [0.717, 1.165) is 15.6 Å². The number of halogens is 2. The molecule has 3 aromatic rings. The maximum atomic E-state index is 12.7. The Balaban J connectivity index is 1.86. The van der Waals surface area contributed by atoms with Gasteiger partial charge in [0.05, 0.1) is 13.2 Å². The van der Waals surface area contributed by atoms with E-state index in [-0.39, 0.29) is 5.57 Å². The summed E-state index contributed by atoms with van der Waals surface area (Å²) in [6.07, 6.45) is 2.07. The van der Waals surface area contributed by atoms with Gasteiger partial charge in [-0.1, -0.05) is 45.7 Å². The van der Waals surface area contributed by atoms with Gasteiger partial charge in [0.1, 0.15) is 23.1 Å². The first kappa shape index (κ1) is 25.4. The van der Waals surface area contributed by atoms with E-state index in [1.807, 2.05) is 44.2 Å². The number of hydrogen-bond acceptors (Lipinski definition) is 4. The van der Waals surface area contributed by atoms with E-state index < -0.39 is 5.91 Å². The SMILES string of the molecule is CCOc1ccc(NC(=O)/C(C#N)=C/c2cc(Cl)c(Cc3ccccc3Br)c(OCC)c2)cc1. The van der Waals surface area contributed by atoms with E-state index in [4.69, 9.17) is 21.1 Å². The summed E-state index contributed by atoms with van der Waals surface area (Å²) in [6, 6.07) is 20.4. The fourth-order valence-electron chi connectivity index (χ4n) is 3.32. The molecule has 0 saturated carbocycles. The quantitative estimate of drug-likeness (QED) is 0.234. The van der Waals surface area contributed by atoms with Crippen molar-refractivity contribution in [2.24, 2.45) is 0 Å². The number of nitriles is 1. The zero-order chi connectivity index (χ0) is 24.5. The van der Waals surface area contributed by atoms with E-state index in [1.54, 1.807) is 36.4 Å². The van der Waals surface area contributed by atoms with Crippen molar-refractivity contribution in [3.63, 3.8) is 0 Å². The zero-order valence-electron chi connectivity index (χ0n) is 18.9. The average Bonchev–Trinajstić information content (AvgIpc) is 2.82. The van der Waals surface area contributed by atoms with Gasteiger partial charge in [-0.3, -0.25) is 4.79 Å². The summed E-state index contributed by atoms with van der Waals surface area (Å²) in [4.78, 5) is 12.7. The summed E-state index contributed by atoms with van der Waals surface area (Å²) in [5.41, 5.74) is 3.02.